The number of rotatable bonds is 1. The van der Waals surface area contributed by atoms with Crippen molar-refractivity contribution >= 4 is 21.6 Å². The Labute approximate surface area is 95.6 Å². The second-order valence-electron chi connectivity index (χ2n) is 4.26. The second-order valence-corrected chi connectivity index (χ2v) is 5.12. The van der Waals surface area contributed by atoms with Gasteiger partial charge in [0, 0.05) is 16.1 Å². The maximum Gasteiger partial charge on any atom is 0.305 e. The van der Waals surface area contributed by atoms with Crippen LogP contribution in [0.25, 0.3) is 0 Å². The summed E-state index contributed by atoms with van der Waals surface area (Å²) in [4.78, 5) is 9.85. The molecule has 15 heavy (non-hydrogen) atoms. The highest BCUT2D eigenvalue weighted by atomic mass is 79.9. The first kappa shape index (κ1) is 12.1. The van der Waals surface area contributed by atoms with Gasteiger partial charge in [-0.1, -0.05) is 36.7 Å². The standard InChI is InChI=1S/C10H11BrFNO2/c1-10(2,3)8-6(11)4-5-7(9(8)12)13(14)15/h4-5H,1-3H3. The SMILES string of the molecule is CC(C)(C)c1c(Br)ccc([N+](=O)[O-])c1F. The lowest BCUT2D eigenvalue weighted by molar-refractivity contribution is -0.387. The van der Waals surface area contributed by atoms with E-state index in [-0.39, 0.29) is 0 Å². The Kier molecular flexibility index (Phi) is 3.13. The van der Waals surface area contributed by atoms with Gasteiger partial charge in [0.05, 0.1) is 4.92 Å². The predicted molar refractivity (Wildman–Crippen MR) is 59.5 cm³/mol. The fourth-order valence-electron chi connectivity index (χ4n) is 1.37. The molecular weight excluding hydrogens is 265 g/mol. The van der Waals surface area contributed by atoms with Crippen LogP contribution in [0.1, 0.15) is 26.3 Å². The van der Waals surface area contributed by atoms with Gasteiger partial charge in [-0.05, 0) is 11.5 Å². The topological polar surface area (TPSA) is 43.1 Å². The van der Waals surface area contributed by atoms with E-state index < -0.39 is 21.8 Å². The van der Waals surface area contributed by atoms with Crippen molar-refractivity contribution < 1.29 is 9.31 Å². The highest BCUT2D eigenvalue weighted by molar-refractivity contribution is 9.10. The van der Waals surface area contributed by atoms with Crippen LogP contribution in [0.3, 0.4) is 0 Å². The highest BCUT2D eigenvalue weighted by Crippen LogP contribution is 2.35. The third-order valence-corrected chi connectivity index (χ3v) is 2.68. The van der Waals surface area contributed by atoms with Gasteiger partial charge in [-0.25, -0.2) is 0 Å². The molecule has 1 aromatic carbocycles. The lowest BCUT2D eigenvalue weighted by Crippen LogP contribution is -2.15. The molecule has 3 nitrogen and oxygen atoms in total. The average molecular weight is 276 g/mol. The van der Waals surface area contributed by atoms with Crippen LogP contribution in [-0.2, 0) is 5.41 Å². The molecule has 0 amide bonds. The van der Waals surface area contributed by atoms with Crippen LogP contribution in [0.15, 0.2) is 16.6 Å². The average Bonchev–Trinajstić information content (AvgIpc) is 2.00. The number of halogens is 2. The van der Waals surface area contributed by atoms with Gasteiger partial charge in [-0.2, -0.15) is 4.39 Å². The fourth-order valence-corrected chi connectivity index (χ4v) is 2.27. The summed E-state index contributed by atoms with van der Waals surface area (Å²) in [6.07, 6.45) is 0. The summed E-state index contributed by atoms with van der Waals surface area (Å²) in [5, 5.41) is 10.6. The first-order chi connectivity index (χ1) is 6.75. The molecule has 0 radical (unpaired) electrons. The Balaban J connectivity index is 3.51. The van der Waals surface area contributed by atoms with E-state index in [9.17, 15) is 14.5 Å². The van der Waals surface area contributed by atoms with E-state index in [0.717, 1.165) is 6.07 Å². The largest absolute Gasteiger partial charge is 0.305 e. The Hall–Kier alpha value is -0.970. The lowest BCUT2D eigenvalue weighted by atomic mass is 9.86. The first-order valence-electron chi connectivity index (χ1n) is 4.38. The highest BCUT2D eigenvalue weighted by Gasteiger charge is 2.27. The number of hydrogen-bond acceptors (Lipinski definition) is 2. The van der Waals surface area contributed by atoms with Crippen LogP contribution in [0.4, 0.5) is 10.1 Å². The van der Waals surface area contributed by atoms with Crippen molar-refractivity contribution in [2.45, 2.75) is 26.2 Å². The number of nitro benzene ring substituents is 1. The zero-order valence-corrected chi connectivity index (χ0v) is 10.3. The molecule has 0 fully saturated rings. The van der Waals surface area contributed by atoms with E-state index in [1.165, 1.54) is 6.07 Å². The van der Waals surface area contributed by atoms with Gasteiger partial charge in [0.2, 0.25) is 5.82 Å². The van der Waals surface area contributed by atoms with E-state index in [2.05, 4.69) is 15.9 Å². The molecule has 0 spiro atoms. The maximum absolute atomic E-state index is 13.8. The molecule has 0 saturated carbocycles. The summed E-state index contributed by atoms with van der Waals surface area (Å²) in [7, 11) is 0. The molecule has 5 heteroatoms. The summed E-state index contributed by atoms with van der Waals surface area (Å²) in [6, 6.07) is 2.66. The summed E-state index contributed by atoms with van der Waals surface area (Å²) in [5.41, 5.74) is -0.630. The zero-order chi connectivity index (χ0) is 11.8. The number of nitro groups is 1. The molecular formula is C10H11BrFNO2. The summed E-state index contributed by atoms with van der Waals surface area (Å²) in [5.74, 6) is -0.762. The Morgan fingerprint density at radius 1 is 1.40 bits per heavy atom. The Morgan fingerprint density at radius 3 is 2.33 bits per heavy atom. The molecule has 1 aromatic rings. The van der Waals surface area contributed by atoms with Crippen LogP contribution < -0.4 is 0 Å². The van der Waals surface area contributed by atoms with Gasteiger partial charge in [0.1, 0.15) is 0 Å². The molecule has 0 unspecified atom stereocenters. The molecule has 0 N–H and O–H groups in total. The third kappa shape index (κ3) is 2.34. The van der Waals surface area contributed by atoms with Crippen LogP contribution >= 0.6 is 15.9 Å². The Bertz CT molecular complexity index is 413. The van der Waals surface area contributed by atoms with E-state index in [4.69, 9.17) is 0 Å². The molecule has 82 valence electrons. The summed E-state index contributed by atoms with van der Waals surface area (Å²) >= 11 is 3.20. The molecule has 0 saturated heterocycles. The van der Waals surface area contributed by atoms with Gasteiger partial charge >= 0.3 is 5.69 Å². The van der Waals surface area contributed by atoms with Crippen molar-refractivity contribution in [1.82, 2.24) is 0 Å². The Morgan fingerprint density at radius 2 is 1.93 bits per heavy atom. The number of hydrogen-bond donors (Lipinski definition) is 0. The van der Waals surface area contributed by atoms with Crippen molar-refractivity contribution in [2.24, 2.45) is 0 Å². The maximum atomic E-state index is 13.8. The molecule has 0 heterocycles. The molecule has 0 aromatic heterocycles. The van der Waals surface area contributed by atoms with Crippen LogP contribution in [0.2, 0.25) is 0 Å². The molecule has 1 rings (SSSR count). The minimum atomic E-state index is -0.762. The van der Waals surface area contributed by atoms with E-state index in [1.54, 1.807) is 20.8 Å². The smallest absolute Gasteiger partial charge is 0.258 e. The summed E-state index contributed by atoms with van der Waals surface area (Å²) in [6.45, 7) is 5.42. The quantitative estimate of drug-likeness (QED) is 0.578. The van der Waals surface area contributed by atoms with E-state index >= 15 is 0 Å². The number of nitrogens with zero attached hydrogens (tertiary/aromatic N) is 1. The molecule has 0 aliphatic carbocycles. The van der Waals surface area contributed by atoms with Crippen LogP contribution in [0.5, 0.6) is 0 Å². The molecule has 0 aliphatic rings. The normalized spacial score (nSPS) is 11.5. The second kappa shape index (κ2) is 3.89. The van der Waals surface area contributed by atoms with Gasteiger partial charge in [0.25, 0.3) is 0 Å². The monoisotopic (exact) mass is 275 g/mol. The van der Waals surface area contributed by atoms with Gasteiger partial charge < -0.3 is 0 Å². The first-order valence-corrected chi connectivity index (χ1v) is 5.17. The van der Waals surface area contributed by atoms with Crippen LogP contribution in [-0.4, -0.2) is 4.92 Å². The van der Waals surface area contributed by atoms with E-state index in [0.29, 0.717) is 10.0 Å². The molecule has 0 bridgehead atoms. The van der Waals surface area contributed by atoms with E-state index in [1.807, 2.05) is 0 Å². The van der Waals surface area contributed by atoms with Crippen LogP contribution in [0, 0.1) is 15.9 Å². The number of benzene rings is 1. The molecule has 0 aliphatic heterocycles. The summed E-state index contributed by atoms with van der Waals surface area (Å²) < 4.78 is 14.4. The fraction of sp³-hybridized carbons (Fsp3) is 0.400. The van der Waals surface area contributed by atoms with Crippen molar-refractivity contribution in [3.8, 4) is 0 Å². The lowest BCUT2D eigenvalue weighted by Gasteiger charge is -2.21. The third-order valence-electron chi connectivity index (χ3n) is 2.02. The van der Waals surface area contributed by atoms with Crippen molar-refractivity contribution in [1.29, 1.82) is 0 Å². The van der Waals surface area contributed by atoms with Crippen molar-refractivity contribution in [2.75, 3.05) is 0 Å². The minimum Gasteiger partial charge on any atom is -0.258 e. The van der Waals surface area contributed by atoms with Gasteiger partial charge in [0.15, 0.2) is 0 Å². The van der Waals surface area contributed by atoms with Crippen molar-refractivity contribution in [3.05, 3.63) is 38.1 Å². The predicted octanol–water partition coefficient (Wildman–Crippen LogP) is 3.79. The van der Waals surface area contributed by atoms with Gasteiger partial charge in [-0.3, -0.25) is 10.1 Å². The van der Waals surface area contributed by atoms with Gasteiger partial charge in [-0.15, -0.1) is 0 Å². The molecule has 0 atom stereocenters. The van der Waals surface area contributed by atoms with Crippen molar-refractivity contribution in [3.63, 3.8) is 0 Å². The zero-order valence-electron chi connectivity index (χ0n) is 8.67. The minimum absolute atomic E-state index is 0.330.